The van der Waals surface area contributed by atoms with Crippen LogP contribution < -0.4 is 10.5 Å². The van der Waals surface area contributed by atoms with E-state index < -0.39 is 11.7 Å². The van der Waals surface area contributed by atoms with Crippen LogP contribution in [0.4, 0.5) is 4.39 Å². The number of nitrogens with zero attached hydrogens (tertiary/aromatic N) is 1. The van der Waals surface area contributed by atoms with Crippen LogP contribution in [-0.4, -0.2) is 28.3 Å². The van der Waals surface area contributed by atoms with E-state index in [-0.39, 0.29) is 17.3 Å². The van der Waals surface area contributed by atoms with Crippen molar-refractivity contribution in [3.8, 4) is 17.1 Å². The molecule has 0 bridgehead atoms. The van der Waals surface area contributed by atoms with E-state index in [1.54, 1.807) is 25.3 Å². The normalized spacial score (nSPS) is 12.0. The Morgan fingerprint density at radius 1 is 0.932 bits per heavy atom. The van der Waals surface area contributed by atoms with Crippen molar-refractivity contribution >= 4 is 12.0 Å². The Morgan fingerprint density at radius 2 is 1.61 bits per heavy atom. The number of allylic oxidation sites excluding steroid dienone is 1. The van der Waals surface area contributed by atoms with E-state index in [1.165, 1.54) is 11.6 Å². The topological polar surface area (TPSA) is 105 Å². The van der Waals surface area contributed by atoms with Gasteiger partial charge < -0.3 is 9.84 Å². The van der Waals surface area contributed by atoms with Gasteiger partial charge in [0.2, 0.25) is 0 Å². The van der Waals surface area contributed by atoms with E-state index >= 15 is 0 Å². The van der Waals surface area contributed by atoms with E-state index in [1.807, 2.05) is 72.8 Å². The van der Waals surface area contributed by atoms with Crippen molar-refractivity contribution in [2.45, 2.75) is 32.1 Å². The summed E-state index contributed by atoms with van der Waals surface area (Å²) in [6, 6.07) is 27.6. The fourth-order valence-corrected chi connectivity index (χ4v) is 5.15. The van der Waals surface area contributed by atoms with Gasteiger partial charge in [0.05, 0.1) is 12.7 Å². The van der Waals surface area contributed by atoms with Gasteiger partial charge >= 0.3 is 11.7 Å². The number of aromatic nitrogens is 2. The Hall–Kier alpha value is -5.24. The summed E-state index contributed by atoms with van der Waals surface area (Å²) < 4.78 is 24.2. The van der Waals surface area contributed by atoms with Gasteiger partial charge in [0.1, 0.15) is 11.6 Å². The van der Waals surface area contributed by atoms with Gasteiger partial charge in [-0.3, -0.25) is 9.51 Å². The maximum absolute atomic E-state index is 14.4. The van der Waals surface area contributed by atoms with Crippen molar-refractivity contribution in [2.75, 3.05) is 7.11 Å². The number of carboxylic acids is 1. The van der Waals surface area contributed by atoms with Crippen LogP contribution in [0.2, 0.25) is 0 Å². The molecule has 0 amide bonds. The second kappa shape index (κ2) is 14.3. The Labute approximate surface area is 254 Å². The molecule has 1 atom stereocenters. The van der Waals surface area contributed by atoms with Gasteiger partial charge in [-0.05, 0) is 102 Å². The minimum absolute atomic E-state index is 0.106. The van der Waals surface area contributed by atoms with E-state index in [4.69, 9.17) is 4.74 Å². The first-order chi connectivity index (χ1) is 21.4. The third-order valence-corrected chi connectivity index (χ3v) is 7.67. The largest absolute Gasteiger partial charge is 0.497 e. The lowest BCUT2D eigenvalue weighted by Gasteiger charge is -2.15. The van der Waals surface area contributed by atoms with Crippen LogP contribution in [0, 0.1) is 11.7 Å². The van der Waals surface area contributed by atoms with Gasteiger partial charge in [-0.2, -0.15) is 0 Å². The maximum Gasteiger partial charge on any atom is 0.439 e. The molecule has 2 N–H and O–H groups in total. The number of hydrogen-bond donors (Lipinski definition) is 2. The Kier molecular flexibility index (Phi) is 9.81. The van der Waals surface area contributed by atoms with Crippen molar-refractivity contribution in [1.29, 1.82) is 0 Å². The lowest BCUT2D eigenvalue weighted by molar-refractivity contribution is 0.0697. The zero-order chi connectivity index (χ0) is 30.9. The van der Waals surface area contributed by atoms with Gasteiger partial charge in [-0.25, -0.2) is 14.0 Å². The summed E-state index contributed by atoms with van der Waals surface area (Å²) in [6.45, 7) is 0. The zero-order valence-electron chi connectivity index (χ0n) is 24.3. The number of carboxylic acid groups (broad SMARTS) is 1. The standard InChI is InChI=1S/C36H33FN2O5/c1-43-33-20-10-25(11-21-33)4-12-28-18-19-32(37)23-31(28)17-9-26(22-27-7-15-30(16-8-27)35(40)41)3-2-24-5-13-29(14-6-24)34-38-36(42)44-39-34/h5-11,13-21,23,26H,2-4,12,22H2,1H3,(H,40,41)(H,38,39,42). The molecule has 1 unspecified atom stereocenters. The highest BCUT2D eigenvalue weighted by Crippen LogP contribution is 2.23. The molecule has 44 heavy (non-hydrogen) atoms. The van der Waals surface area contributed by atoms with Crippen molar-refractivity contribution in [1.82, 2.24) is 10.1 Å². The lowest BCUT2D eigenvalue weighted by Crippen LogP contribution is -2.05. The summed E-state index contributed by atoms with van der Waals surface area (Å²) in [6.07, 6.45) is 8.01. The van der Waals surface area contributed by atoms with Crippen LogP contribution in [0.5, 0.6) is 5.75 Å². The van der Waals surface area contributed by atoms with Crippen molar-refractivity contribution < 1.29 is 23.6 Å². The molecule has 0 aliphatic heterocycles. The predicted octanol–water partition coefficient (Wildman–Crippen LogP) is 7.17. The van der Waals surface area contributed by atoms with Gasteiger partial charge in [-0.1, -0.05) is 71.9 Å². The molecule has 1 aromatic heterocycles. The number of rotatable bonds is 13. The third-order valence-electron chi connectivity index (χ3n) is 7.67. The molecular weight excluding hydrogens is 559 g/mol. The van der Waals surface area contributed by atoms with Crippen LogP contribution in [0.15, 0.2) is 106 Å². The van der Waals surface area contributed by atoms with Crippen LogP contribution in [0.3, 0.4) is 0 Å². The molecule has 0 radical (unpaired) electrons. The summed E-state index contributed by atoms with van der Waals surface area (Å²) >= 11 is 0. The molecule has 1 heterocycles. The zero-order valence-corrected chi connectivity index (χ0v) is 24.3. The maximum atomic E-state index is 14.4. The summed E-state index contributed by atoms with van der Waals surface area (Å²) in [5.41, 5.74) is 6.21. The van der Waals surface area contributed by atoms with Crippen LogP contribution in [0.25, 0.3) is 17.5 Å². The van der Waals surface area contributed by atoms with Crippen molar-refractivity contribution in [2.24, 2.45) is 5.92 Å². The molecule has 0 spiro atoms. The van der Waals surface area contributed by atoms with Crippen LogP contribution >= 0.6 is 0 Å². The first-order valence-electron chi connectivity index (χ1n) is 14.4. The molecule has 4 aromatic carbocycles. The SMILES string of the molecule is COc1ccc(CCc2ccc(F)cc2C=CC(CCc2ccc(-c3noc(=O)[nH]3)cc2)Cc2ccc(C(=O)O)cc2)cc1. The second-order valence-corrected chi connectivity index (χ2v) is 10.7. The highest BCUT2D eigenvalue weighted by molar-refractivity contribution is 5.87. The van der Waals surface area contributed by atoms with Crippen molar-refractivity contribution in [3.05, 3.63) is 147 Å². The molecule has 7 nitrogen and oxygen atoms in total. The minimum atomic E-state index is -0.959. The number of halogens is 1. The highest BCUT2D eigenvalue weighted by Gasteiger charge is 2.11. The van der Waals surface area contributed by atoms with E-state index in [0.717, 1.165) is 59.3 Å². The number of aromatic amines is 1. The number of H-pyrrole nitrogens is 1. The fourth-order valence-electron chi connectivity index (χ4n) is 5.15. The predicted molar refractivity (Wildman–Crippen MR) is 167 cm³/mol. The molecular formula is C36H33FN2O5. The number of methoxy groups -OCH3 is 1. The quantitative estimate of drug-likeness (QED) is 0.150. The highest BCUT2D eigenvalue weighted by atomic mass is 19.1. The number of aromatic carboxylic acids is 1. The molecule has 224 valence electrons. The average molecular weight is 593 g/mol. The first-order valence-corrected chi connectivity index (χ1v) is 14.4. The summed E-state index contributed by atoms with van der Waals surface area (Å²) in [7, 11) is 1.64. The summed E-state index contributed by atoms with van der Waals surface area (Å²) in [5.74, 6) is -0.547. The van der Waals surface area contributed by atoms with Crippen LogP contribution in [-0.2, 0) is 25.7 Å². The average Bonchev–Trinajstić information content (AvgIpc) is 3.48. The molecule has 5 aromatic rings. The fraction of sp³-hybridized carbons (Fsp3) is 0.194. The number of benzene rings is 4. The molecule has 0 saturated heterocycles. The molecule has 0 aliphatic carbocycles. The summed E-state index contributed by atoms with van der Waals surface area (Å²) in [4.78, 5) is 25.2. The minimum Gasteiger partial charge on any atom is -0.497 e. The Balaban J connectivity index is 1.33. The van der Waals surface area contributed by atoms with Gasteiger partial charge in [-0.15, -0.1) is 0 Å². The smallest absolute Gasteiger partial charge is 0.439 e. The Morgan fingerprint density at radius 3 is 2.27 bits per heavy atom. The van der Waals surface area contributed by atoms with Crippen LogP contribution in [0.1, 0.15) is 44.6 Å². The monoisotopic (exact) mass is 592 g/mol. The molecule has 8 heteroatoms. The molecule has 5 rings (SSSR count). The third kappa shape index (κ3) is 8.19. The van der Waals surface area contributed by atoms with Gasteiger partial charge in [0.15, 0.2) is 5.82 Å². The number of aryl methyl sites for hydroxylation is 3. The number of carbonyl (C=O) groups is 1. The molecule has 0 aliphatic rings. The van der Waals surface area contributed by atoms with Gasteiger partial charge in [0, 0.05) is 5.56 Å². The van der Waals surface area contributed by atoms with E-state index in [2.05, 4.69) is 20.7 Å². The van der Waals surface area contributed by atoms with E-state index in [9.17, 15) is 19.1 Å². The Bertz CT molecular complexity index is 1770. The molecule has 0 fully saturated rings. The van der Waals surface area contributed by atoms with E-state index in [0.29, 0.717) is 12.2 Å². The van der Waals surface area contributed by atoms with Gasteiger partial charge in [0.25, 0.3) is 0 Å². The number of hydrogen-bond acceptors (Lipinski definition) is 5. The number of ether oxygens (including phenoxy) is 1. The van der Waals surface area contributed by atoms with Crippen molar-refractivity contribution in [3.63, 3.8) is 0 Å². The first kappa shape index (κ1) is 30.2. The molecule has 0 saturated carbocycles. The second-order valence-electron chi connectivity index (χ2n) is 10.7. The number of nitrogens with one attached hydrogen (secondary N) is 1. The lowest BCUT2D eigenvalue weighted by atomic mass is 9.90. The summed E-state index contributed by atoms with van der Waals surface area (Å²) in [5, 5.41) is 13.0.